The van der Waals surface area contributed by atoms with E-state index in [0.29, 0.717) is 0 Å². The van der Waals surface area contributed by atoms with Crippen LogP contribution in [0.25, 0.3) is 0 Å². The van der Waals surface area contributed by atoms with Gasteiger partial charge in [-0.15, -0.1) is 0 Å². The van der Waals surface area contributed by atoms with Gasteiger partial charge < -0.3 is 10.2 Å². The minimum atomic E-state index is -1.23. The number of carboxylic acid groups (broad SMARTS) is 2. The fourth-order valence-corrected chi connectivity index (χ4v) is 1.22. The molecule has 0 amide bonds. The number of hydrogen-bond donors (Lipinski definition) is 2. The topological polar surface area (TPSA) is 74.6 Å². The van der Waals surface area contributed by atoms with Crippen molar-refractivity contribution in [1.29, 1.82) is 0 Å². The second-order valence-electron chi connectivity index (χ2n) is 3.04. The predicted octanol–water partition coefficient (Wildman–Crippen LogP) is 1.47. The summed E-state index contributed by atoms with van der Waals surface area (Å²) in [6.45, 7) is 0. The Balaban J connectivity index is 2.94. The minimum absolute atomic E-state index is 0.284. The summed E-state index contributed by atoms with van der Waals surface area (Å²) in [5.74, 6) is -4.06. The minimum Gasteiger partial charge on any atom is -0.481 e. The zero-order valence-corrected chi connectivity index (χ0v) is 7.68. The van der Waals surface area contributed by atoms with Gasteiger partial charge in [-0.2, -0.15) is 0 Å². The van der Waals surface area contributed by atoms with Crippen molar-refractivity contribution in [3.63, 3.8) is 0 Å². The molecule has 1 atom stereocenters. The van der Waals surface area contributed by atoms with Crippen molar-refractivity contribution in [3.05, 3.63) is 35.6 Å². The van der Waals surface area contributed by atoms with Gasteiger partial charge in [0.2, 0.25) is 0 Å². The van der Waals surface area contributed by atoms with E-state index >= 15 is 0 Å². The third-order valence-electron chi connectivity index (χ3n) is 1.95. The van der Waals surface area contributed by atoms with Crippen LogP contribution in [0.5, 0.6) is 0 Å². The van der Waals surface area contributed by atoms with Gasteiger partial charge in [-0.3, -0.25) is 9.59 Å². The number of rotatable bonds is 4. The Morgan fingerprint density at radius 1 is 1.20 bits per heavy atom. The molecule has 0 saturated carbocycles. The van der Waals surface area contributed by atoms with Crippen LogP contribution in [-0.4, -0.2) is 22.2 Å². The lowest BCUT2D eigenvalue weighted by molar-refractivity contribution is -0.145. The molecule has 0 aliphatic carbocycles. The van der Waals surface area contributed by atoms with E-state index in [1.165, 1.54) is 12.1 Å². The van der Waals surface area contributed by atoms with Gasteiger partial charge in [-0.05, 0) is 17.7 Å². The molecule has 0 unspecified atom stereocenters. The molecule has 1 aromatic carbocycles. The largest absolute Gasteiger partial charge is 0.481 e. The SMILES string of the molecule is O=C(O)C[C@H](C(=O)O)c1ccc(F)cc1. The Morgan fingerprint density at radius 3 is 2.13 bits per heavy atom. The van der Waals surface area contributed by atoms with Gasteiger partial charge in [-0.1, -0.05) is 12.1 Å². The third-order valence-corrected chi connectivity index (χ3v) is 1.95. The van der Waals surface area contributed by atoms with Gasteiger partial charge in [0.15, 0.2) is 0 Å². The predicted molar refractivity (Wildman–Crippen MR) is 49.0 cm³/mol. The van der Waals surface area contributed by atoms with E-state index in [1.54, 1.807) is 0 Å². The zero-order chi connectivity index (χ0) is 11.4. The molecule has 2 N–H and O–H groups in total. The van der Waals surface area contributed by atoms with Crippen LogP contribution in [0.4, 0.5) is 4.39 Å². The second-order valence-corrected chi connectivity index (χ2v) is 3.04. The molecule has 0 spiro atoms. The van der Waals surface area contributed by atoms with Crippen LogP contribution >= 0.6 is 0 Å². The van der Waals surface area contributed by atoms with Crippen molar-refractivity contribution in [2.24, 2.45) is 0 Å². The molecule has 0 aliphatic heterocycles. The molecule has 0 aromatic heterocycles. The first-order valence-electron chi connectivity index (χ1n) is 4.20. The number of carboxylic acids is 2. The highest BCUT2D eigenvalue weighted by molar-refractivity contribution is 5.82. The average molecular weight is 212 g/mol. The monoisotopic (exact) mass is 212 g/mol. The summed E-state index contributed by atoms with van der Waals surface area (Å²) < 4.78 is 12.5. The highest BCUT2D eigenvalue weighted by atomic mass is 19.1. The number of carbonyl (C=O) groups is 2. The van der Waals surface area contributed by atoms with E-state index in [1.807, 2.05) is 0 Å². The van der Waals surface area contributed by atoms with Gasteiger partial charge in [0, 0.05) is 0 Å². The fourth-order valence-electron chi connectivity index (χ4n) is 1.22. The number of halogens is 1. The van der Waals surface area contributed by atoms with E-state index in [9.17, 15) is 14.0 Å². The van der Waals surface area contributed by atoms with Crippen molar-refractivity contribution >= 4 is 11.9 Å². The first kappa shape index (κ1) is 11.2. The highest BCUT2D eigenvalue weighted by Gasteiger charge is 2.22. The van der Waals surface area contributed by atoms with E-state index in [0.717, 1.165) is 12.1 Å². The molecular formula is C10H9FO4. The summed E-state index contributed by atoms with van der Waals surface area (Å²) in [5, 5.41) is 17.3. The lowest BCUT2D eigenvalue weighted by Gasteiger charge is -2.09. The first-order valence-corrected chi connectivity index (χ1v) is 4.20. The maximum absolute atomic E-state index is 12.5. The molecule has 0 aliphatic rings. The average Bonchev–Trinajstić information content (AvgIpc) is 2.15. The molecule has 0 fully saturated rings. The summed E-state index contributed by atoms with van der Waals surface area (Å²) in [6, 6.07) is 4.76. The van der Waals surface area contributed by atoms with Gasteiger partial charge in [0.1, 0.15) is 5.82 Å². The Kier molecular flexibility index (Phi) is 3.38. The van der Waals surface area contributed by atoms with Crippen LogP contribution < -0.4 is 0 Å². The molecule has 0 radical (unpaired) electrons. The first-order chi connectivity index (χ1) is 7.00. The van der Waals surface area contributed by atoms with E-state index in [-0.39, 0.29) is 5.56 Å². The molecule has 1 aromatic rings. The number of aliphatic carboxylic acids is 2. The van der Waals surface area contributed by atoms with E-state index in [4.69, 9.17) is 10.2 Å². The number of benzene rings is 1. The molecule has 5 heteroatoms. The lowest BCUT2D eigenvalue weighted by Crippen LogP contribution is -2.15. The van der Waals surface area contributed by atoms with E-state index < -0.39 is 30.1 Å². The highest BCUT2D eigenvalue weighted by Crippen LogP contribution is 2.20. The lowest BCUT2D eigenvalue weighted by atomic mass is 9.96. The van der Waals surface area contributed by atoms with E-state index in [2.05, 4.69) is 0 Å². The Hall–Kier alpha value is -1.91. The van der Waals surface area contributed by atoms with Crippen molar-refractivity contribution in [2.45, 2.75) is 12.3 Å². The van der Waals surface area contributed by atoms with Crippen LogP contribution in [0.15, 0.2) is 24.3 Å². The van der Waals surface area contributed by atoms with Crippen molar-refractivity contribution in [1.82, 2.24) is 0 Å². The Bertz CT molecular complexity index is 372. The molecule has 1 rings (SSSR count). The van der Waals surface area contributed by atoms with Gasteiger partial charge in [0.05, 0.1) is 12.3 Å². The van der Waals surface area contributed by atoms with Gasteiger partial charge in [0.25, 0.3) is 0 Å². The standard InChI is InChI=1S/C10H9FO4/c11-7-3-1-6(2-4-7)8(10(14)15)5-9(12)13/h1-4,8H,5H2,(H,12,13)(H,14,15)/t8-/m0/s1. The summed E-state index contributed by atoms with van der Waals surface area (Å²) in [4.78, 5) is 21.2. The van der Waals surface area contributed by atoms with Crippen molar-refractivity contribution in [3.8, 4) is 0 Å². The molecule has 4 nitrogen and oxygen atoms in total. The molecule has 80 valence electrons. The quantitative estimate of drug-likeness (QED) is 0.792. The van der Waals surface area contributed by atoms with Crippen LogP contribution in [0.1, 0.15) is 17.9 Å². The molecule has 0 saturated heterocycles. The maximum Gasteiger partial charge on any atom is 0.311 e. The zero-order valence-electron chi connectivity index (χ0n) is 7.68. The fraction of sp³-hybridized carbons (Fsp3) is 0.200. The molecule has 0 heterocycles. The van der Waals surface area contributed by atoms with Crippen molar-refractivity contribution < 1.29 is 24.2 Å². The van der Waals surface area contributed by atoms with Crippen LogP contribution in [-0.2, 0) is 9.59 Å². The summed E-state index contributed by atoms with van der Waals surface area (Å²) >= 11 is 0. The molecule has 15 heavy (non-hydrogen) atoms. The van der Waals surface area contributed by atoms with Crippen LogP contribution in [0.3, 0.4) is 0 Å². The van der Waals surface area contributed by atoms with Crippen LogP contribution in [0.2, 0.25) is 0 Å². The maximum atomic E-state index is 12.5. The Morgan fingerprint density at radius 2 is 1.73 bits per heavy atom. The van der Waals surface area contributed by atoms with Crippen molar-refractivity contribution in [2.75, 3.05) is 0 Å². The molecular weight excluding hydrogens is 203 g/mol. The van der Waals surface area contributed by atoms with Crippen LogP contribution in [0, 0.1) is 5.82 Å². The van der Waals surface area contributed by atoms with Gasteiger partial charge in [-0.25, -0.2) is 4.39 Å². The normalized spacial score (nSPS) is 12.1. The third kappa shape index (κ3) is 3.05. The molecule has 0 bridgehead atoms. The summed E-state index contributed by atoms with van der Waals surface area (Å²) in [6.07, 6.45) is -0.513. The smallest absolute Gasteiger partial charge is 0.311 e. The second kappa shape index (κ2) is 4.54. The Labute approximate surface area is 85.0 Å². The summed E-state index contributed by atoms with van der Waals surface area (Å²) in [7, 11) is 0. The number of hydrogen-bond acceptors (Lipinski definition) is 2. The van der Waals surface area contributed by atoms with Gasteiger partial charge >= 0.3 is 11.9 Å². The summed E-state index contributed by atoms with van der Waals surface area (Å²) in [5.41, 5.74) is 0.284.